The average Bonchev–Trinajstić information content (AvgIpc) is 1.00. The van der Waals surface area contributed by atoms with Crippen LogP contribution in [0.4, 0.5) is 0 Å². The molecule has 0 fully saturated rings. The molecule has 0 rings (SSSR count). The van der Waals surface area contributed by atoms with Crippen LogP contribution in [0.25, 0.3) is 0 Å². The van der Waals surface area contributed by atoms with Gasteiger partial charge >= 0.3 is 148 Å². The van der Waals surface area contributed by atoms with E-state index in [0.29, 0.717) is 0 Å². The zero-order chi connectivity index (χ0) is 2.00. The summed E-state index contributed by atoms with van der Waals surface area (Å²) in [6, 6.07) is 0. The predicted octanol–water partition coefficient (Wildman–Crippen LogP) is -28.9. The Hall–Kier alpha value is 4.65. The van der Waals surface area contributed by atoms with E-state index in [2.05, 4.69) is 0 Å². The Morgan fingerprint density at radius 2 is 0.333 bits per heavy atom. The van der Waals surface area contributed by atoms with Crippen LogP contribution in [0.3, 0.4) is 0 Å². The first-order valence-electron chi connectivity index (χ1n) is 1.00. The fourth-order valence-corrected chi connectivity index (χ4v) is 0. The summed E-state index contributed by atoms with van der Waals surface area (Å²) in [5, 5.41) is 0. The van der Waals surface area contributed by atoms with E-state index in [4.69, 9.17) is 0 Å². The molecule has 0 aromatic heterocycles. The van der Waals surface area contributed by atoms with Crippen LogP contribution in [-0.4, -0.2) is 0 Å². The van der Waals surface area contributed by atoms with Crippen LogP contribution in [0, 0.1) is 0 Å². The summed E-state index contributed by atoms with van der Waals surface area (Å²) >= 11 is 0. The molecule has 0 unspecified atom stereocenters. The summed E-state index contributed by atoms with van der Waals surface area (Å²) in [4.78, 5) is 0. The van der Waals surface area contributed by atoms with Crippen molar-refractivity contribution in [2.24, 2.45) is 0 Å². The second-order valence-corrected chi connectivity index (χ2v) is 0. The van der Waals surface area contributed by atoms with Gasteiger partial charge in [0, 0.05) is 0 Å². The fraction of sp³-hybridized carbons (Fsp3) is 1.00. The van der Waals surface area contributed by atoms with Crippen LogP contribution in [0.1, 0.15) is 13.8 Å². The third kappa shape index (κ3) is 126. The zero-order valence-electron chi connectivity index (χ0n) is 8.89. The molecule has 0 saturated heterocycles. The Labute approximate surface area is 181 Å². The van der Waals surface area contributed by atoms with Gasteiger partial charge < -0.3 is 23.5 Å². The Kier molecular flexibility index (Phi) is 1650. The SMILES string of the molecule is CC.[F-].[F-].[F-].[F-].[F-].[Na+].[Na+].[Na+].[Na+].[Na+]. The zero-order valence-corrected chi connectivity index (χ0v) is 18.9. The maximum absolute atomic E-state index is 2.00. The van der Waals surface area contributed by atoms with Crippen LogP contribution in [0.15, 0.2) is 0 Å². The van der Waals surface area contributed by atoms with Gasteiger partial charge in [-0.15, -0.1) is 0 Å². The molecule has 0 bridgehead atoms. The van der Waals surface area contributed by atoms with Crippen molar-refractivity contribution in [3.05, 3.63) is 0 Å². The minimum absolute atomic E-state index is 0. The van der Waals surface area contributed by atoms with E-state index in [0.717, 1.165) is 0 Å². The normalized spacial score (nSPS) is 0.500. The van der Waals surface area contributed by atoms with Gasteiger partial charge in [-0.05, 0) is 0 Å². The van der Waals surface area contributed by atoms with Crippen LogP contribution in [-0.2, 0) is 0 Å². The summed E-state index contributed by atoms with van der Waals surface area (Å²) < 4.78 is 0. The Morgan fingerprint density at radius 1 is 0.333 bits per heavy atom. The van der Waals surface area contributed by atoms with Crippen molar-refractivity contribution in [3.63, 3.8) is 0 Å². The molecule has 0 aliphatic rings. The maximum Gasteiger partial charge on any atom is 1.00 e. The third-order valence-electron chi connectivity index (χ3n) is 0. The Balaban J connectivity index is -0.000000000111. The van der Waals surface area contributed by atoms with Crippen molar-refractivity contribution in [1.82, 2.24) is 0 Å². The number of hydrogen-bond donors (Lipinski definition) is 0. The molecule has 0 radical (unpaired) electrons. The van der Waals surface area contributed by atoms with Gasteiger partial charge in [-0.25, -0.2) is 0 Å². The molecule has 0 saturated carbocycles. The van der Waals surface area contributed by atoms with E-state index in [1.807, 2.05) is 13.8 Å². The Bertz CT molecular complexity index is 17.8. The average molecular weight is 240 g/mol. The standard InChI is InChI=1S/C2H6.5FH.5Na/c1-2;;;;;;;;;;/h1-2H3;5*1H;;;;;/q;;;;;;5*+1/p-5. The first-order chi connectivity index (χ1) is 1.00. The van der Waals surface area contributed by atoms with E-state index >= 15 is 0 Å². The predicted molar refractivity (Wildman–Crippen MR) is 11.3 cm³/mol. The van der Waals surface area contributed by atoms with Crippen molar-refractivity contribution in [1.29, 1.82) is 0 Å². The van der Waals surface area contributed by atoms with Crippen LogP contribution in [0.2, 0.25) is 0 Å². The van der Waals surface area contributed by atoms with Crippen molar-refractivity contribution < 1.29 is 171 Å². The minimum Gasteiger partial charge on any atom is -1.00 e. The first kappa shape index (κ1) is 128. The summed E-state index contributed by atoms with van der Waals surface area (Å²) in [5.74, 6) is 0. The maximum atomic E-state index is 2.00. The fourth-order valence-electron chi connectivity index (χ4n) is 0. The topological polar surface area (TPSA) is 0 Å². The molecule has 0 heterocycles. The second kappa shape index (κ2) is 155. The summed E-state index contributed by atoms with van der Waals surface area (Å²) in [6.45, 7) is 4.00. The van der Waals surface area contributed by atoms with Gasteiger partial charge in [0.15, 0.2) is 0 Å². The second-order valence-electron chi connectivity index (χ2n) is 0. The van der Waals surface area contributed by atoms with Gasteiger partial charge in [0.25, 0.3) is 0 Å². The van der Waals surface area contributed by atoms with Crippen LogP contribution < -0.4 is 171 Å². The van der Waals surface area contributed by atoms with E-state index in [9.17, 15) is 0 Å². The molecule has 54 valence electrons. The molecular formula is C2H6F5Na5. The molecule has 0 spiro atoms. The minimum atomic E-state index is 0. The van der Waals surface area contributed by atoms with Crippen molar-refractivity contribution in [2.45, 2.75) is 13.8 Å². The molecule has 0 aliphatic heterocycles. The quantitative estimate of drug-likeness (QED) is 0.291. The van der Waals surface area contributed by atoms with Crippen molar-refractivity contribution in [3.8, 4) is 0 Å². The largest absolute Gasteiger partial charge is 1.00 e. The smallest absolute Gasteiger partial charge is 1.00 e. The number of hydrogen-bond acceptors (Lipinski definition) is 0. The third-order valence-corrected chi connectivity index (χ3v) is 0. The van der Waals surface area contributed by atoms with E-state index in [1.54, 1.807) is 0 Å². The molecule has 0 aromatic rings. The van der Waals surface area contributed by atoms with Gasteiger partial charge in [-0.2, -0.15) is 0 Å². The summed E-state index contributed by atoms with van der Waals surface area (Å²) in [6.07, 6.45) is 0. The van der Waals surface area contributed by atoms with Crippen LogP contribution >= 0.6 is 0 Å². The van der Waals surface area contributed by atoms with E-state index in [1.165, 1.54) is 0 Å². The number of halogens is 5. The van der Waals surface area contributed by atoms with Gasteiger partial charge in [-0.1, -0.05) is 13.8 Å². The van der Waals surface area contributed by atoms with Crippen molar-refractivity contribution in [2.75, 3.05) is 0 Å². The monoisotopic (exact) mass is 240 g/mol. The summed E-state index contributed by atoms with van der Waals surface area (Å²) in [7, 11) is 0. The summed E-state index contributed by atoms with van der Waals surface area (Å²) in [5.41, 5.74) is 0. The van der Waals surface area contributed by atoms with Gasteiger partial charge in [0.1, 0.15) is 0 Å². The molecule has 0 atom stereocenters. The number of rotatable bonds is 0. The Morgan fingerprint density at radius 3 is 0.333 bits per heavy atom. The van der Waals surface area contributed by atoms with Gasteiger partial charge in [0.2, 0.25) is 0 Å². The molecule has 0 aliphatic carbocycles. The van der Waals surface area contributed by atoms with E-state index in [-0.39, 0.29) is 171 Å². The molecule has 10 heteroatoms. The first-order valence-corrected chi connectivity index (χ1v) is 1.00. The molecule has 12 heavy (non-hydrogen) atoms. The molecule has 0 nitrogen and oxygen atoms in total. The van der Waals surface area contributed by atoms with Crippen LogP contribution in [0.5, 0.6) is 0 Å². The molecule has 0 amide bonds. The molecule has 0 N–H and O–H groups in total. The van der Waals surface area contributed by atoms with Gasteiger partial charge in [-0.3, -0.25) is 0 Å². The van der Waals surface area contributed by atoms with Gasteiger partial charge in [0.05, 0.1) is 0 Å². The van der Waals surface area contributed by atoms with E-state index < -0.39 is 0 Å². The van der Waals surface area contributed by atoms with Crippen molar-refractivity contribution >= 4 is 0 Å². The molecule has 0 aromatic carbocycles. The molecular weight excluding hydrogens is 234 g/mol.